The maximum Gasteiger partial charge on any atom is 0.191 e. The summed E-state index contributed by atoms with van der Waals surface area (Å²) >= 11 is 0. The molecule has 7 nitrogen and oxygen atoms in total. The molecule has 0 amide bonds. The average molecular weight is 388 g/mol. The molecule has 2 aromatic heterocycles. The Morgan fingerprint density at radius 1 is 1.43 bits per heavy atom. The van der Waals surface area contributed by atoms with E-state index in [0.29, 0.717) is 18.3 Å². The number of hydrogen-bond acceptors (Lipinski definition) is 4. The van der Waals surface area contributed by atoms with E-state index in [-0.39, 0.29) is 11.9 Å². The Kier molecular flexibility index (Phi) is 6.49. The van der Waals surface area contributed by atoms with Crippen LogP contribution in [0.25, 0.3) is 0 Å². The van der Waals surface area contributed by atoms with Gasteiger partial charge in [0.2, 0.25) is 0 Å². The Balaban J connectivity index is 1.47. The molecule has 1 aliphatic rings. The van der Waals surface area contributed by atoms with Gasteiger partial charge in [-0.1, -0.05) is 6.92 Å². The molecular formula is C20H30FN7. The van der Waals surface area contributed by atoms with E-state index < -0.39 is 0 Å². The molecule has 3 rings (SSSR count). The summed E-state index contributed by atoms with van der Waals surface area (Å²) in [4.78, 5) is 10.5. The molecule has 28 heavy (non-hydrogen) atoms. The molecule has 0 radical (unpaired) electrons. The monoisotopic (exact) mass is 387 g/mol. The van der Waals surface area contributed by atoms with Crippen molar-refractivity contribution in [1.29, 1.82) is 0 Å². The Morgan fingerprint density at radius 3 is 2.93 bits per heavy atom. The van der Waals surface area contributed by atoms with Crippen molar-refractivity contribution in [1.82, 2.24) is 25.4 Å². The lowest BCUT2D eigenvalue weighted by Gasteiger charge is -2.21. The van der Waals surface area contributed by atoms with Gasteiger partial charge in [-0.2, -0.15) is 5.10 Å². The van der Waals surface area contributed by atoms with Crippen LogP contribution >= 0.6 is 0 Å². The Labute approximate surface area is 166 Å². The summed E-state index contributed by atoms with van der Waals surface area (Å²) in [5.41, 5.74) is 2.23. The van der Waals surface area contributed by atoms with Gasteiger partial charge in [0.1, 0.15) is 0 Å². The van der Waals surface area contributed by atoms with Crippen LogP contribution in [0.4, 0.5) is 10.2 Å². The smallest absolute Gasteiger partial charge is 0.191 e. The molecule has 152 valence electrons. The van der Waals surface area contributed by atoms with Crippen LogP contribution in [-0.2, 0) is 6.54 Å². The molecule has 2 unspecified atom stereocenters. The number of rotatable bonds is 6. The molecule has 1 saturated heterocycles. The zero-order chi connectivity index (χ0) is 20.1. The lowest BCUT2D eigenvalue weighted by Crippen LogP contribution is -2.46. The second kappa shape index (κ2) is 9.03. The normalized spacial score (nSPS) is 18.4. The zero-order valence-corrected chi connectivity index (χ0v) is 17.1. The van der Waals surface area contributed by atoms with Crippen molar-refractivity contribution in [3.05, 3.63) is 41.6 Å². The van der Waals surface area contributed by atoms with Crippen molar-refractivity contribution in [2.75, 3.05) is 31.6 Å². The molecule has 1 fully saturated rings. The first-order chi connectivity index (χ1) is 13.5. The second-order valence-electron chi connectivity index (χ2n) is 7.55. The number of nitrogens with one attached hydrogen (secondary N) is 2. The van der Waals surface area contributed by atoms with Crippen LogP contribution in [0.2, 0.25) is 0 Å². The van der Waals surface area contributed by atoms with Crippen LogP contribution in [0.15, 0.2) is 29.4 Å². The number of aryl methyl sites for hydroxylation is 2. The molecule has 0 spiro atoms. The standard InChI is InChI=1S/C20H30FN7/c1-14(12-28-16(3)10-15(2)26-28)11-24-20(22-4)25-17-7-9-27(13-17)19-18(21)6-5-8-23-19/h5-6,8,10,14,17H,7,9,11-13H2,1-4H3,(H2,22,24,25). The van der Waals surface area contributed by atoms with Crippen molar-refractivity contribution in [3.63, 3.8) is 0 Å². The van der Waals surface area contributed by atoms with Gasteiger partial charge >= 0.3 is 0 Å². The molecule has 0 bridgehead atoms. The molecule has 0 saturated carbocycles. The minimum atomic E-state index is -0.274. The predicted octanol–water partition coefficient (Wildman–Crippen LogP) is 2.11. The fourth-order valence-electron chi connectivity index (χ4n) is 3.56. The number of hydrogen-bond donors (Lipinski definition) is 2. The van der Waals surface area contributed by atoms with Crippen molar-refractivity contribution < 1.29 is 4.39 Å². The fraction of sp³-hybridized carbons (Fsp3) is 0.550. The third-order valence-corrected chi connectivity index (χ3v) is 5.00. The summed E-state index contributed by atoms with van der Waals surface area (Å²) in [6, 6.07) is 5.37. The summed E-state index contributed by atoms with van der Waals surface area (Å²) in [6.45, 7) is 9.42. The predicted molar refractivity (Wildman–Crippen MR) is 110 cm³/mol. The number of guanidine groups is 1. The number of aromatic nitrogens is 3. The Hall–Kier alpha value is -2.64. The number of halogens is 1. The molecule has 2 N–H and O–H groups in total. The van der Waals surface area contributed by atoms with E-state index in [1.165, 1.54) is 11.8 Å². The highest BCUT2D eigenvalue weighted by Crippen LogP contribution is 2.20. The van der Waals surface area contributed by atoms with Gasteiger partial charge in [0.15, 0.2) is 17.6 Å². The van der Waals surface area contributed by atoms with E-state index in [0.717, 1.165) is 37.7 Å². The van der Waals surface area contributed by atoms with Gasteiger partial charge in [-0.05, 0) is 44.4 Å². The van der Waals surface area contributed by atoms with Gasteiger partial charge < -0.3 is 15.5 Å². The molecule has 1 aliphatic heterocycles. The zero-order valence-electron chi connectivity index (χ0n) is 17.1. The highest BCUT2D eigenvalue weighted by molar-refractivity contribution is 5.80. The number of pyridine rings is 1. The number of nitrogens with zero attached hydrogens (tertiary/aromatic N) is 5. The van der Waals surface area contributed by atoms with Gasteiger partial charge in [0, 0.05) is 51.2 Å². The molecule has 0 aromatic carbocycles. The van der Waals surface area contributed by atoms with E-state index in [2.05, 4.69) is 45.6 Å². The third kappa shape index (κ3) is 4.99. The Morgan fingerprint density at radius 2 is 2.25 bits per heavy atom. The number of anilines is 1. The van der Waals surface area contributed by atoms with Gasteiger partial charge in [-0.15, -0.1) is 0 Å². The second-order valence-corrected chi connectivity index (χ2v) is 7.55. The van der Waals surface area contributed by atoms with Crippen LogP contribution in [-0.4, -0.2) is 53.4 Å². The molecule has 3 heterocycles. The molecular weight excluding hydrogens is 357 g/mol. The van der Waals surface area contributed by atoms with Crippen LogP contribution in [0.3, 0.4) is 0 Å². The summed E-state index contributed by atoms with van der Waals surface area (Å²) in [6.07, 6.45) is 2.54. The summed E-state index contributed by atoms with van der Waals surface area (Å²) in [7, 11) is 1.77. The minimum Gasteiger partial charge on any atom is -0.356 e. The maximum absolute atomic E-state index is 13.9. The highest BCUT2D eigenvalue weighted by Gasteiger charge is 2.26. The van der Waals surface area contributed by atoms with Crippen molar-refractivity contribution in [2.24, 2.45) is 10.9 Å². The van der Waals surface area contributed by atoms with E-state index >= 15 is 0 Å². The SMILES string of the molecule is CN=C(NCC(C)Cn1nc(C)cc1C)NC1CCN(c2ncccc2F)C1. The first-order valence-corrected chi connectivity index (χ1v) is 9.80. The van der Waals surface area contributed by atoms with Gasteiger partial charge in [-0.3, -0.25) is 9.67 Å². The van der Waals surface area contributed by atoms with Crippen molar-refractivity contribution in [3.8, 4) is 0 Å². The van der Waals surface area contributed by atoms with Gasteiger partial charge in [-0.25, -0.2) is 9.37 Å². The summed E-state index contributed by atoms with van der Waals surface area (Å²) < 4.78 is 16.0. The summed E-state index contributed by atoms with van der Waals surface area (Å²) in [5, 5.41) is 11.4. The van der Waals surface area contributed by atoms with Crippen LogP contribution in [0.5, 0.6) is 0 Å². The van der Waals surface area contributed by atoms with Crippen LogP contribution in [0.1, 0.15) is 24.7 Å². The largest absolute Gasteiger partial charge is 0.356 e. The minimum absolute atomic E-state index is 0.207. The Bertz CT molecular complexity index is 817. The van der Waals surface area contributed by atoms with Gasteiger partial charge in [0.25, 0.3) is 0 Å². The van der Waals surface area contributed by atoms with E-state index in [4.69, 9.17) is 0 Å². The van der Waals surface area contributed by atoms with Crippen LogP contribution < -0.4 is 15.5 Å². The molecule has 2 atom stereocenters. The van der Waals surface area contributed by atoms with Crippen molar-refractivity contribution >= 4 is 11.8 Å². The number of aliphatic imine (C=N–C) groups is 1. The molecule has 8 heteroatoms. The average Bonchev–Trinajstić information content (AvgIpc) is 3.25. The van der Waals surface area contributed by atoms with Gasteiger partial charge in [0.05, 0.1) is 5.69 Å². The van der Waals surface area contributed by atoms with E-state index in [1.807, 2.05) is 16.5 Å². The molecule has 0 aliphatic carbocycles. The topological polar surface area (TPSA) is 70.4 Å². The van der Waals surface area contributed by atoms with Crippen LogP contribution in [0, 0.1) is 25.6 Å². The van der Waals surface area contributed by atoms with Crippen molar-refractivity contribution in [2.45, 2.75) is 39.8 Å². The maximum atomic E-state index is 13.9. The van der Waals surface area contributed by atoms with E-state index in [1.54, 1.807) is 19.3 Å². The first kappa shape index (κ1) is 20.1. The fourth-order valence-corrected chi connectivity index (χ4v) is 3.56. The first-order valence-electron chi connectivity index (χ1n) is 9.80. The third-order valence-electron chi connectivity index (χ3n) is 5.00. The summed E-state index contributed by atoms with van der Waals surface area (Å²) in [5.74, 6) is 1.32. The van der Waals surface area contributed by atoms with E-state index in [9.17, 15) is 4.39 Å². The quantitative estimate of drug-likeness (QED) is 0.587. The lowest BCUT2D eigenvalue weighted by molar-refractivity contribution is 0.435. The lowest BCUT2D eigenvalue weighted by atomic mass is 10.2. The molecule has 2 aromatic rings. The highest BCUT2D eigenvalue weighted by atomic mass is 19.1.